The summed E-state index contributed by atoms with van der Waals surface area (Å²) in [5.41, 5.74) is 1.90. The molecule has 1 fully saturated rings. The largest absolute Gasteiger partial charge is 0.491 e. The van der Waals surface area contributed by atoms with Crippen molar-refractivity contribution in [2.24, 2.45) is 0 Å². The number of nitrogens with zero attached hydrogens (tertiary/aromatic N) is 2. The van der Waals surface area contributed by atoms with Crippen LogP contribution in [0.1, 0.15) is 24.3 Å². The Morgan fingerprint density at radius 3 is 2.54 bits per heavy atom. The third-order valence-electron chi connectivity index (χ3n) is 4.23. The fourth-order valence-corrected chi connectivity index (χ4v) is 2.97. The smallest absolute Gasteiger partial charge is 0.252 e. The Hall–Kier alpha value is -2.53. The summed E-state index contributed by atoms with van der Waals surface area (Å²) in [6.07, 6.45) is 3.83. The first kappa shape index (κ1) is 15.0. The number of benzene rings is 1. The number of aromatic hydroxyl groups is 1. The monoisotopic (exact) mass is 342 g/mol. The van der Waals surface area contributed by atoms with Crippen molar-refractivity contribution < 1.29 is 14.4 Å². The molecule has 5 nitrogen and oxygen atoms in total. The molecule has 0 amide bonds. The number of hydrogen-bond acceptors (Lipinski definition) is 5. The van der Waals surface area contributed by atoms with Crippen LogP contribution in [0.15, 0.2) is 53.2 Å². The molecule has 0 radical (unpaired) electrons. The molecule has 0 unspecified atom stereocenters. The highest BCUT2D eigenvalue weighted by atomic mass is 35.5. The van der Waals surface area contributed by atoms with Gasteiger partial charge in [-0.25, -0.2) is 4.98 Å². The zero-order chi connectivity index (χ0) is 16.5. The highest BCUT2D eigenvalue weighted by molar-refractivity contribution is 6.30. The predicted molar refractivity (Wildman–Crippen MR) is 89.2 cm³/mol. The molecule has 122 valence electrons. The first-order valence-electron chi connectivity index (χ1n) is 7.71. The SMILES string of the molecule is Oc1cc(-c2ccc(O[C@H]3C[C@@H](c4ccc(Cl)cc4)C3)cn2)on1. The van der Waals surface area contributed by atoms with Crippen LogP contribution in [0, 0.1) is 0 Å². The number of pyridine rings is 1. The molecule has 1 N–H and O–H groups in total. The van der Waals surface area contributed by atoms with E-state index in [2.05, 4.69) is 22.3 Å². The highest BCUT2D eigenvalue weighted by Gasteiger charge is 2.32. The average Bonchev–Trinajstić information content (AvgIpc) is 2.99. The van der Waals surface area contributed by atoms with Crippen LogP contribution in [0.5, 0.6) is 11.6 Å². The molecule has 3 aromatic rings. The van der Waals surface area contributed by atoms with E-state index in [9.17, 15) is 5.11 Å². The molecular weight excluding hydrogens is 328 g/mol. The van der Waals surface area contributed by atoms with Gasteiger partial charge in [0.1, 0.15) is 11.4 Å². The Labute approximate surface area is 143 Å². The summed E-state index contributed by atoms with van der Waals surface area (Å²) < 4.78 is 10.9. The fourth-order valence-electron chi connectivity index (χ4n) is 2.84. The zero-order valence-corrected chi connectivity index (χ0v) is 13.5. The summed E-state index contributed by atoms with van der Waals surface area (Å²) in [7, 11) is 0. The van der Waals surface area contributed by atoms with E-state index >= 15 is 0 Å². The molecule has 4 rings (SSSR count). The third-order valence-corrected chi connectivity index (χ3v) is 4.48. The van der Waals surface area contributed by atoms with Crippen LogP contribution in [0.4, 0.5) is 0 Å². The van der Waals surface area contributed by atoms with E-state index in [1.54, 1.807) is 12.3 Å². The second-order valence-electron chi connectivity index (χ2n) is 5.89. The molecule has 1 aliphatic rings. The van der Waals surface area contributed by atoms with Crippen molar-refractivity contribution in [3.63, 3.8) is 0 Å². The lowest BCUT2D eigenvalue weighted by Crippen LogP contribution is -2.32. The van der Waals surface area contributed by atoms with Gasteiger partial charge in [0, 0.05) is 5.02 Å². The normalized spacial score (nSPS) is 19.7. The number of hydrogen-bond donors (Lipinski definition) is 1. The van der Waals surface area contributed by atoms with Crippen LogP contribution in [-0.2, 0) is 0 Å². The summed E-state index contributed by atoms with van der Waals surface area (Å²) in [5.74, 6) is 1.51. The van der Waals surface area contributed by atoms with Gasteiger partial charge in [-0.1, -0.05) is 23.7 Å². The summed E-state index contributed by atoms with van der Waals surface area (Å²) in [6, 6.07) is 13.1. The van der Waals surface area contributed by atoms with Gasteiger partial charge in [0.05, 0.1) is 18.4 Å². The molecule has 0 atom stereocenters. The maximum absolute atomic E-state index is 9.20. The van der Waals surface area contributed by atoms with Gasteiger partial charge in [0.2, 0.25) is 0 Å². The molecule has 0 bridgehead atoms. The molecule has 2 heterocycles. The molecule has 0 spiro atoms. The zero-order valence-electron chi connectivity index (χ0n) is 12.7. The molecule has 24 heavy (non-hydrogen) atoms. The van der Waals surface area contributed by atoms with Crippen molar-refractivity contribution >= 4 is 11.6 Å². The third kappa shape index (κ3) is 3.08. The van der Waals surface area contributed by atoms with Crippen LogP contribution in [0.3, 0.4) is 0 Å². The topological polar surface area (TPSA) is 68.4 Å². The van der Waals surface area contributed by atoms with Crippen molar-refractivity contribution in [3.8, 4) is 23.1 Å². The quantitative estimate of drug-likeness (QED) is 0.760. The van der Waals surface area contributed by atoms with Gasteiger partial charge in [-0.3, -0.25) is 0 Å². The molecular formula is C18H15ClN2O3. The predicted octanol–water partition coefficient (Wildman–Crippen LogP) is 4.42. The van der Waals surface area contributed by atoms with E-state index in [0.29, 0.717) is 17.4 Å². The van der Waals surface area contributed by atoms with E-state index in [1.807, 2.05) is 18.2 Å². The molecule has 0 aliphatic heterocycles. The van der Waals surface area contributed by atoms with Gasteiger partial charge in [-0.05, 0) is 53.7 Å². The standard InChI is InChI=1S/C18H15ClN2O3/c19-13-3-1-11(2-4-13)12-7-15(8-12)23-14-5-6-16(20-10-14)17-9-18(22)21-24-17/h1-6,9-10,12,15H,7-8H2,(H,21,22)/t12-,15+. The second kappa shape index (κ2) is 6.17. The average molecular weight is 343 g/mol. The van der Waals surface area contributed by atoms with Crippen LogP contribution in [-0.4, -0.2) is 21.4 Å². The molecule has 1 saturated carbocycles. The van der Waals surface area contributed by atoms with Crippen LogP contribution < -0.4 is 4.74 Å². The van der Waals surface area contributed by atoms with E-state index in [1.165, 1.54) is 11.6 Å². The lowest BCUT2D eigenvalue weighted by molar-refractivity contribution is 0.0982. The lowest BCUT2D eigenvalue weighted by Gasteiger charge is -2.35. The molecule has 0 saturated heterocycles. The van der Waals surface area contributed by atoms with Crippen LogP contribution in [0.2, 0.25) is 5.02 Å². The van der Waals surface area contributed by atoms with Gasteiger partial charge >= 0.3 is 0 Å². The summed E-state index contributed by atoms with van der Waals surface area (Å²) in [5, 5.41) is 13.4. The number of halogens is 1. The summed E-state index contributed by atoms with van der Waals surface area (Å²) >= 11 is 5.92. The number of aromatic nitrogens is 2. The van der Waals surface area contributed by atoms with Crippen molar-refractivity contribution in [1.29, 1.82) is 0 Å². The summed E-state index contributed by atoms with van der Waals surface area (Å²) in [4.78, 5) is 4.28. The number of rotatable bonds is 4. The molecule has 1 aromatic carbocycles. The van der Waals surface area contributed by atoms with Crippen molar-refractivity contribution in [3.05, 3.63) is 59.2 Å². The Morgan fingerprint density at radius 2 is 1.92 bits per heavy atom. The first-order chi connectivity index (χ1) is 11.7. The Bertz CT molecular complexity index is 824. The van der Waals surface area contributed by atoms with Crippen molar-refractivity contribution in [2.75, 3.05) is 0 Å². The van der Waals surface area contributed by atoms with Gasteiger partial charge in [-0.15, -0.1) is 0 Å². The Kier molecular flexibility index (Phi) is 3.86. The maximum Gasteiger partial charge on any atom is 0.252 e. The van der Waals surface area contributed by atoms with Crippen molar-refractivity contribution in [2.45, 2.75) is 24.9 Å². The molecule has 1 aliphatic carbocycles. The van der Waals surface area contributed by atoms with Crippen LogP contribution in [0.25, 0.3) is 11.5 Å². The molecule has 2 aromatic heterocycles. The van der Waals surface area contributed by atoms with E-state index in [0.717, 1.165) is 23.6 Å². The van der Waals surface area contributed by atoms with E-state index in [-0.39, 0.29) is 12.0 Å². The Balaban J connectivity index is 1.34. The van der Waals surface area contributed by atoms with Gasteiger partial charge in [0.25, 0.3) is 5.88 Å². The minimum absolute atomic E-state index is 0.158. The van der Waals surface area contributed by atoms with E-state index < -0.39 is 0 Å². The minimum atomic E-state index is -0.158. The van der Waals surface area contributed by atoms with Crippen molar-refractivity contribution in [1.82, 2.24) is 10.1 Å². The van der Waals surface area contributed by atoms with Gasteiger partial charge in [0.15, 0.2) is 5.76 Å². The Morgan fingerprint density at radius 1 is 1.12 bits per heavy atom. The fraction of sp³-hybridized carbons (Fsp3) is 0.222. The first-order valence-corrected chi connectivity index (χ1v) is 8.09. The number of ether oxygens (including phenoxy) is 1. The van der Waals surface area contributed by atoms with Gasteiger partial charge in [-0.2, -0.15) is 0 Å². The second-order valence-corrected chi connectivity index (χ2v) is 6.32. The minimum Gasteiger partial charge on any atom is -0.491 e. The van der Waals surface area contributed by atoms with E-state index in [4.69, 9.17) is 20.9 Å². The van der Waals surface area contributed by atoms with Gasteiger partial charge < -0.3 is 14.4 Å². The summed E-state index contributed by atoms with van der Waals surface area (Å²) in [6.45, 7) is 0. The maximum atomic E-state index is 9.20. The lowest BCUT2D eigenvalue weighted by atomic mass is 9.77. The molecule has 6 heteroatoms. The highest BCUT2D eigenvalue weighted by Crippen LogP contribution is 2.39. The van der Waals surface area contributed by atoms with Crippen LogP contribution >= 0.6 is 11.6 Å².